The molecule has 0 saturated carbocycles. The molecule has 0 saturated heterocycles. The molecule has 3 aromatic rings. The molecule has 2 aromatic carbocycles. The van der Waals surface area contributed by atoms with Gasteiger partial charge >= 0.3 is 6.09 Å². The number of nitrogens with one attached hydrogen (secondary N) is 3. The molecular formula is C31H36N4O7S. The van der Waals surface area contributed by atoms with E-state index < -0.39 is 6.09 Å². The highest BCUT2D eigenvalue weighted by Crippen LogP contribution is 2.33. The van der Waals surface area contributed by atoms with Gasteiger partial charge in [0.2, 0.25) is 0 Å². The fourth-order valence-electron chi connectivity index (χ4n) is 3.61. The highest BCUT2D eigenvalue weighted by molar-refractivity contribution is 7.99. The number of rotatable bonds is 18. The zero-order chi connectivity index (χ0) is 30.7. The smallest absolute Gasteiger partial charge is 0.411 e. The lowest BCUT2D eigenvalue weighted by atomic mass is 10.1. The van der Waals surface area contributed by atoms with Gasteiger partial charge in [-0.25, -0.2) is 4.79 Å². The zero-order valence-corrected chi connectivity index (χ0v) is 24.7. The number of carbonyl (C=O) groups is 2. The summed E-state index contributed by atoms with van der Waals surface area (Å²) in [5, 5.41) is 22.7. The number of aromatic nitrogens is 1. The van der Waals surface area contributed by atoms with E-state index in [4.69, 9.17) is 29.5 Å². The van der Waals surface area contributed by atoms with Crippen LogP contribution in [0.4, 0.5) is 10.5 Å². The van der Waals surface area contributed by atoms with Crippen molar-refractivity contribution < 1.29 is 33.6 Å². The van der Waals surface area contributed by atoms with Crippen LogP contribution in [0.1, 0.15) is 21.6 Å². The van der Waals surface area contributed by atoms with Crippen molar-refractivity contribution in [2.24, 2.45) is 0 Å². The number of aliphatic hydroxyl groups excluding tert-OH is 1. The summed E-state index contributed by atoms with van der Waals surface area (Å²) >= 11 is 1.36. The number of nitrogens with zero attached hydrogens (tertiary/aromatic N) is 1. The Morgan fingerprint density at radius 3 is 2.30 bits per heavy atom. The number of anilines is 1. The van der Waals surface area contributed by atoms with Crippen LogP contribution in [0.2, 0.25) is 0 Å². The van der Waals surface area contributed by atoms with Crippen LogP contribution in [0.15, 0.2) is 82.7 Å². The number of carbonyl (C=O) groups excluding carboxylic acids is 2. The summed E-state index contributed by atoms with van der Waals surface area (Å²) in [6.45, 7) is 1.92. The molecule has 0 radical (unpaired) electrons. The monoisotopic (exact) mass is 608 g/mol. The molecule has 11 nitrogen and oxygen atoms in total. The lowest BCUT2D eigenvalue weighted by Crippen LogP contribution is -2.19. The quantitative estimate of drug-likeness (QED) is 0.123. The Hall–Kier alpha value is -4.07. The molecule has 0 unspecified atom stereocenters. The van der Waals surface area contributed by atoms with Crippen molar-refractivity contribution in [3.63, 3.8) is 0 Å². The largest absolute Gasteiger partial charge is 0.447 e. The maximum absolute atomic E-state index is 12.7. The minimum Gasteiger partial charge on any atom is -0.447 e. The average Bonchev–Trinajstić information content (AvgIpc) is 3.03. The number of aliphatic hydroxyl groups is 1. The number of allylic oxidation sites excluding steroid dienone is 1. The second kappa shape index (κ2) is 19.2. The number of amides is 2. The maximum Gasteiger partial charge on any atom is 0.411 e. The molecule has 2 amide bonds. The van der Waals surface area contributed by atoms with E-state index in [-0.39, 0.29) is 38.0 Å². The first kappa shape index (κ1) is 33.4. The van der Waals surface area contributed by atoms with Gasteiger partial charge in [-0.2, -0.15) is 0 Å². The molecule has 3 rings (SSSR count). The number of pyridine rings is 1. The van der Waals surface area contributed by atoms with Crippen LogP contribution in [-0.2, 0) is 18.9 Å². The van der Waals surface area contributed by atoms with E-state index in [2.05, 4.69) is 15.6 Å². The fraction of sp³-hybridized carbons (Fsp3) is 0.290. The third kappa shape index (κ3) is 12.0. The van der Waals surface area contributed by atoms with Crippen LogP contribution in [0, 0.1) is 5.41 Å². The Morgan fingerprint density at radius 2 is 1.60 bits per heavy atom. The molecular weight excluding hydrogens is 572 g/mol. The first-order chi connectivity index (χ1) is 21.0. The number of hydrogen-bond acceptors (Lipinski definition) is 10. The fourth-order valence-corrected chi connectivity index (χ4v) is 4.59. The van der Waals surface area contributed by atoms with Crippen molar-refractivity contribution >= 4 is 41.2 Å². The maximum atomic E-state index is 12.7. The van der Waals surface area contributed by atoms with E-state index in [1.807, 2.05) is 36.4 Å². The van der Waals surface area contributed by atoms with Gasteiger partial charge in [0.05, 0.1) is 68.9 Å². The molecule has 0 bridgehead atoms. The van der Waals surface area contributed by atoms with Crippen molar-refractivity contribution in [3.8, 4) is 0 Å². The Morgan fingerprint density at radius 1 is 0.907 bits per heavy atom. The molecule has 0 spiro atoms. The van der Waals surface area contributed by atoms with E-state index in [1.165, 1.54) is 11.8 Å². The predicted molar refractivity (Wildman–Crippen MR) is 165 cm³/mol. The summed E-state index contributed by atoms with van der Waals surface area (Å²) < 4.78 is 21.2. The lowest BCUT2D eigenvalue weighted by molar-refractivity contribution is 0.00136. The van der Waals surface area contributed by atoms with Gasteiger partial charge in [-0.1, -0.05) is 30.0 Å². The highest BCUT2D eigenvalue weighted by Gasteiger charge is 2.15. The van der Waals surface area contributed by atoms with Gasteiger partial charge in [0.1, 0.15) is 6.61 Å². The number of ether oxygens (including phenoxy) is 4. The van der Waals surface area contributed by atoms with E-state index in [0.29, 0.717) is 48.9 Å². The summed E-state index contributed by atoms with van der Waals surface area (Å²) in [7, 11) is 1.58. The molecule has 0 fully saturated rings. The molecule has 12 heteroatoms. The van der Waals surface area contributed by atoms with Gasteiger partial charge in [0.25, 0.3) is 5.91 Å². The van der Waals surface area contributed by atoms with Crippen molar-refractivity contribution in [1.82, 2.24) is 10.3 Å². The Balaban J connectivity index is 1.63. The second-order valence-corrected chi connectivity index (χ2v) is 9.82. The van der Waals surface area contributed by atoms with Crippen LogP contribution >= 0.6 is 11.8 Å². The first-order valence-electron chi connectivity index (χ1n) is 13.6. The SMILES string of the molecule is CNC(=O)c1ccccc1Sc1ccc(C(=N)/C=C/c2ccccn2)c(NC(=O)OCCOCCOCCOCCO)c1. The summed E-state index contributed by atoms with van der Waals surface area (Å²) in [5.74, 6) is -0.205. The molecule has 4 N–H and O–H groups in total. The second-order valence-electron chi connectivity index (χ2n) is 8.71. The third-order valence-corrected chi connectivity index (χ3v) is 6.72. The number of hydrogen-bond donors (Lipinski definition) is 4. The highest BCUT2D eigenvalue weighted by atomic mass is 32.2. The summed E-state index contributed by atoms with van der Waals surface area (Å²) in [4.78, 5) is 30.8. The van der Waals surface area contributed by atoms with Crippen LogP contribution in [-0.4, -0.2) is 87.7 Å². The number of benzene rings is 2. The van der Waals surface area contributed by atoms with E-state index in [0.717, 1.165) is 9.79 Å². The minimum atomic E-state index is -0.698. The normalized spacial score (nSPS) is 10.9. The summed E-state index contributed by atoms with van der Waals surface area (Å²) in [6, 6.07) is 18.0. The van der Waals surface area contributed by atoms with Gasteiger partial charge in [0, 0.05) is 28.6 Å². The molecule has 0 aliphatic carbocycles. The van der Waals surface area contributed by atoms with Gasteiger partial charge in [-0.3, -0.25) is 15.1 Å². The average molecular weight is 609 g/mol. The van der Waals surface area contributed by atoms with Gasteiger partial charge < -0.3 is 34.8 Å². The van der Waals surface area contributed by atoms with Crippen molar-refractivity contribution in [2.75, 3.05) is 65.2 Å². The molecule has 0 aliphatic rings. The van der Waals surface area contributed by atoms with Crippen LogP contribution in [0.3, 0.4) is 0 Å². The van der Waals surface area contributed by atoms with Crippen molar-refractivity contribution in [1.29, 1.82) is 5.41 Å². The van der Waals surface area contributed by atoms with Crippen LogP contribution in [0.5, 0.6) is 0 Å². The molecule has 0 atom stereocenters. The first-order valence-corrected chi connectivity index (χ1v) is 14.4. The van der Waals surface area contributed by atoms with E-state index >= 15 is 0 Å². The summed E-state index contributed by atoms with van der Waals surface area (Å²) in [6.07, 6.45) is 4.30. The van der Waals surface area contributed by atoms with Crippen LogP contribution in [0.25, 0.3) is 6.08 Å². The van der Waals surface area contributed by atoms with Crippen molar-refractivity contribution in [3.05, 3.63) is 89.8 Å². The Labute approximate surface area is 255 Å². The predicted octanol–water partition coefficient (Wildman–Crippen LogP) is 4.26. The van der Waals surface area contributed by atoms with Gasteiger partial charge in [0.15, 0.2) is 0 Å². The van der Waals surface area contributed by atoms with E-state index in [9.17, 15) is 9.59 Å². The standard InChI is InChI=1S/C31H36N4O7S/c1-33-30(37)26-7-2-3-8-29(26)43-24-10-11-25(27(32)12-9-23-6-4-5-13-34-23)28(22-24)35-31(38)42-21-20-41-19-18-40-17-16-39-15-14-36/h2-13,22,32,36H,14-21H2,1H3,(H,33,37)(H,35,38)/b12-9+,32-27?. The zero-order valence-electron chi connectivity index (χ0n) is 23.9. The van der Waals surface area contributed by atoms with Gasteiger partial charge in [-0.05, 0) is 54.6 Å². The minimum absolute atomic E-state index is 0.0196. The molecule has 1 aromatic heterocycles. The molecule has 228 valence electrons. The Kier molecular flexibility index (Phi) is 14.9. The molecule has 43 heavy (non-hydrogen) atoms. The molecule has 1 heterocycles. The van der Waals surface area contributed by atoms with Gasteiger partial charge in [-0.15, -0.1) is 0 Å². The van der Waals surface area contributed by atoms with Crippen molar-refractivity contribution in [2.45, 2.75) is 9.79 Å². The third-order valence-electron chi connectivity index (χ3n) is 5.65. The topological polar surface area (TPSA) is 152 Å². The van der Waals surface area contributed by atoms with E-state index in [1.54, 1.807) is 49.7 Å². The lowest BCUT2D eigenvalue weighted by Gasteiger charge is -2.14. The summed E-state index contributed by atoms with van der Waals surface area (Å²) in [5.41, 5.74) is 2.23. The van der Waals surface area contributed by atoms with Crippen LogP contribution < -0.4 is 10.6 Å². The molecule has 0 aliphatic heterocycles. The Bertz CT molecular complexity index is 1350.